The molecule has 0 aliphatic heterocycles. The van der Waals surface area contributed by atoms with Gasteiger partial charge in [0.15, 0.2) is 5.82 Å². The lowest BCUT2D eigenvalue weighted by Crippen LogP contribution is -2.11. The van der Waals surface area contributed by atoms with Gasteiger partial charge in [-0.05, 0) is 19.1 Å². The fourth-order valence-electron chi connectivity index (χ4n) is 1.27. The van der Waals surface area contributed by atoms with Crippen molar-refractivity contribution in [2.24, 2.45) is 0 Å². The first-order valence-corrected chi connectivity index (χ1v) is 5.19. The van der Waals surface area contributed by atoms with Crippen molar-refractivity contribution in [2.45, 2.75) is 6.92 Å². The summed E-state index contributed by atoms with van der Waals surface area (Å²) in [6, 6.07) is 5.16. The molecule has 0 fully saturated rings. The predicted molar refractivity (Wildman–Crippen MR) is 64.8 cm³/mol. The summed E-state index contributed by atoms with van der Waals surface area (Å²) in [6.07, 6.45) is 1.00. The number of hydrogen-bond acceptors (Lipinski definition) is 6. The maximum absolute atomic E-state index is 10.9. The van der Waals surface area contributed by atoms with Crippen LogP contribution in [0, 0.1) is 6.92 Å². The molecule has 0 bridgehead atoms. The van der Waals surface area contributed by atoms with Crippen LogP contribution in [0.4, 0.5) is 22.1 Å². The number of aryl methyl sites for hydroxylation is 1. The number of rotatable bonds is 3. The minimum atomic E-state index is -0.560. The second kappa shape index (κ2) is 5.17. The van der Waals surface area contributed by atoms with Crippen molar-refractivity contribution in [3.05, 3.63) is 30.2 Å². The Balaban J connectivity index is 2.01. The third kappa shape index (κ3) is 2.97. The zero-order valence-electron chi connectivity index (χ0n) is 9.93. The van der Waals surface area contributed by atoms with Gasteiger partial charge in [0.25, 0.3) is 0 Å². The zero-order chi connectivity index (χ0) is 13.0. The minimum absolute atomic E-state index is 0.406. The van der Waals surface area contributed by atoms with E-state index in [-0.39, 0.29) is 0 Å². The van der Waals surface area contributed by atoms with E-state index in [1.54, 1.807) is 31.3 Å². The quantitative estimate of drug-likeness (QED) is 0.866. The first kappa shape index (κ1) is 11.9. The normalized spacial score (nSPS) is 9.89. The summed E-state index contributed by atoms with van der Waals surface area (Å²) >= 11 is 0. The van der Waals surface area contributed by atoms with E-state index in [0.717, 1.165) is 11.4 Å². The van der Waals surface area contributed by atoms with Crippen molar-refractivity contribution in [1.29, 1.82) is 0 Å². The van der Waals surface area contributed by atoms with E-state index < -0.39 is 6.09 Å². The van der Waals surface area contributed by atoms with Gasteiger partial charge in [-0.25, -0.2) is 9.78 Å². The first-order chi connectivity index (χ1) is 8.67. The highest BCUT2D eigenvalue weighted by molar-refractivity contribution is 5.83. The number of nitrogens with zero attached hydrogens (tertiary/aromatic N) is 2. The molecule has 0 saturated carbocycles. The van der Waals surface area contributed by atoms with Gasteiger partial charge in [-0.1, -0.05) is 5.16 Å². The number of amides is 1. The lowest BCUT2D eigenvalue weighted by molar-refractivity contribution is 0.187. The highest BCUT2D eigenvalue weighted by atomic mass is 16.5. The summed E-state index contributed by atoms with van der Waals surface area (Å²) < 4.78 is 9.38. The Morgan fingerprint density at radius 1 is 1.39 bits per heavy atom. The molecular weight excluding hydrogens is 236 g/mol. The fraction of sp³-hybridized carbons (Fsp3) is 0.182. The number of anilines is 3. The molecule has 2 rings (SSSR count). The van der Waals surface area contributed by atoms with E-state index >= 15 is 0 Å². The second-order valence-corrected chi connectivity index (χ2v) is 3.50. The van der Waals surface area contributed by atoms with Crippen LogP contribution in [-0.4, -0.2) is 23.3 Å². The Hall–Kier alpha value is -2.57. The van der Waals surface area contributed by atoms with Gasteiger partial charge in [0.05, 0.1) is 19.0 Å². The average molecular weight is 248 g/mol. The van der Waals surface area contributed by atoms with Gasteiger partial charge in [-0.2, -0.15) is 0 Å². The van der Waals surface area contributed by atoms with Gasteiger partial charge >= 0.3 is 6.09 Å². The van der Waals surface area contributed by atoms with Crippen LogP contribution < -0.4 is 10.6 Å². The molecule has 0 radical (unpaired) electrons. The number of methoxy groups -OCH3 is 1. The molecule has 0 saturated heterocycles. The number of pyridine rings is 1. The van der Waals surface area contributed by atoms with Crippen molar-refractivity contribution >= 4 is 23.4 Å². The lowest BCUT2D eigenvalue weighted by atomic mass is 10.4. The molecule has 1 amide bonds. The number of ether oxygens (including phenoxy) is 1. The molecule has 0 spiro atoms. The molecule has 0 aliphatic carbocycles. The monoisotopic (exact) mass is 248 g/mol. The summed E-state index contributed by atoms with van der Waals surface area (Å²) in [4.78, 5) is 15.0. The molecule has 2 N–H and O–H groups in total. The lowest BCUT2D eigenvalue weighted by Gasteiger charge is -2.04. The molecule has 7 heteroatoms. The third-order valence-corrected chi connectivity index (χ3v) is 2.08. The van der Waals surface area contributed by atoms with Crippen molar-refractivity contribution < 1.29 is 14.1 Å². The first-order valence-electron chi connectivity index (χ1n) is 5.19. The molecule has 0 aliphatic rings. The summed E-state index contributed by atoms with van der Waals surface area (Å²) in [6.45, 7) is 1.81. The molecule has 7 nitrogen and oxygen atoms in total. The van der Waals surface area contributed by atoms with Gasteiger partial charge in [0.2, 0.25) is 0 Å². The second-order valence-electron chi connectivity index (χ2n) is 3.50. The molecular formula is C11H12N4O3. The summed E-state index contributed by atoms with van der Waals surface area (Å²) in [5.41, 5.74) is 0.735. The molecule has 94 valence electrons. The Morgan fingerprint density at radius 2 is 2.22 bits per heavy atom. The van der Waals surface area contributed by atoms with Crippen molar-refractivity contribution in [1.82, 2.24) is 10.1 Å². The molecule has 2 aromatic rings. The molecule has 2 heterocycles. The van der Waals surface area contributed by atoms with E-state index in [4.69, 9.17) is 4.52 Å². The number of aromatic nitrogens is 2. The smallest absolute Gasteiger partial charge is 0.412 e. The van der Waals surface area contributed by atoms with Gasteiger partial charge < -0.3 is 14.6 Å². The van der Waals surface area contributed by atoms with Gasteiger partial charge in [-0.3, -0.25) is 5.32 Å². The summed E-state index contributed by atoms with van der Waals surface area (Å²) in [5.74, 6) is 1.72. The Bertz CT molecular complexity index is 535. The van der Waals surface area contributed by atoms with Crippen molar-refractivity contribution in [2.75, 3.05) is 17.7 Å². The average Bonchev–Trinajstić information content (AvgIpc) is 2.77. The highest BCUT2D eigenvalue weighted by Gasteiger charge is 2.03. The van der Waals surface area contributed by atoms with Crippen molar-refractivity contribution in [3.8, 4) is 0 Å². The van der Waals surface area contributed by atoms with Crippen LogP contribution in [0.2, 0.25) is 0 Å². The van der Waals surface area contributed by atoms with Gasteiger partial charge in [0.1, 0.15) is 11.6 Å². The molecule has 0 aromatic carbocycles. The van der Waals surface area contributed by atoms with E-state index in [0.29, 0.717) is 11.6 Å². The standard InChI is InChI=1S/C11H12N4O3/c1-7-5-10(15-18-7)13-8-3-4-9(12-6-8)14-11(16)17-2/h3-6H,1-2H3,(H,13,15)(H,12,14,16). The molecule has 2 aromatic heterocycles. The number of hydrogen-bond donors (Lipinski definition) is 2. The van der Waals surface area contributed by atoms with Crippen LogP contribution in [0.1, 0.15) is 5.76 Å². The van der Waals surface area contributed by atoms with E-state index in [1.165, 1.54) is 7.11 Å². The van der Waals surface area contributed by atoms with E-state index in [2.05, 4.69) is 25.5 Å². The Labute approximate surface area is 103 Å². The maximum Gasteiger partial charge on any atom is 0.412 e. The summed E-state index contributed by atoms with van der Waals surface area (Å²) in [5, 5.41) is 9.25. The maximum atomic E-state index is 10.9. The molecule has 0 unspecified atom stereocenters. The summed E-state index contributed by atoms with van der Waals surface area (Å²) in [7, 11) is 1.29. The SMILES string of the molecule is COC(=O)Nc1ccc(Nc2cc(C)on2)cn1. The van der Waals surface area contributed by atoms with Crippen LogP contribution in [0.5, 0.6) is 0 Å². The van der Waals surface area contributed by atoms with E-state index in [9.17, 15) is 4.79 Å². The van der Waals surface area contributed by atoms with Gasteiger partial charge in [-0.15, -0.1) is 0 Å². The molecule has 18 heavy (non-hydrogen) atoms. The van der Waals surface area contributed by atoms with Gasteiger partial charge in [0, 0.05) is 6.07 Å². The number of carbonyl (C=O) groups excluding carboxylic acids is 1. The number of carbonyl (C=O) groups is 1. The van der Waals surface area contributed by atoms with Crippen LogP contribution >= 0.6 is 0 Å². The van der Waals surface area contributed by atoms with Crippen LogP contribution in [0.15, 0.2) is 28.9 Å². The largest absolute Gasteiger partial charge is 0.453 e. The zero-order valence-corrected chi connectivity index (χ0v) is 9.93. The Morgan fingerprint density at radius 3 is 2.78 bits per heavy atom. The van der Waals surface area contributed by atoms with E-state index in [1.807, 2.05) is 0 Å². The third-order valence-electron chi connectivity index (χ3n) is 2.08. The number of nitrogens with one attached hydrogen (secondary N) is 2. The van der Waals surface area contributed by atoms with Crippen LogP contribution in [-0.2, 0) is 4.74 Å². The van der Waals surface area contributed by atoms with Crippen LogP contribution in [0.3, 0.4) is 0 Å². The highest BCUT2D eigenvalue weighted by Crippen LogP contribution is 2.16. The predicted octanol–water partition coefficient (Wildman–Crippen LogP) is 2.30. The van der Waals surface area contributed by atoms with Crippen molar-refractivity contribution in [3.63, 3.8) is 0 Å². The Kier molecular flexibility index (Phi) is 3.42. The van der Waals surface area contributed by atoms with Crippen LogP contribution in [0.25, 0.3) is 0 Å². The topological polar surface area (TPSA) is 89.3 Å². The fourth-order valence-corrected chi connectivity index (χ4v) is 1.27. The minimum Gasteiger partial charge on any atom is -0.453 e. The molecule has 0 atom stereocenters.